The number of aromatic nitrogens is 2. The van der Waals surface area contributed by atoms with Crippen LogP contribution in [-0.4, -0.2) is 20.7 Å². The minimum absolute atomic E-state index is 0.0510. The summed E-state index contributed by atoms with van der Waals surface area (Å²) >= 11 is 0. The van der Waals surface area contributed by atoms with Crippen molar-refractivity contribution in [2.45, 2.75) is 33.2 Å². The number of Topliss-reactive ketones (excluding diaryl/α,β-unsaturated/α-hetero) is 1. The van der Waals surface area contributed by atoms with Gasteiger partial charge in [0.05, 0.1) is 12.7 Å². The summed E-state index contributed by atoms with van der Waals surface area (Å²) in [6, 6.07) is 24.6. The van der Waals surface area contributed by atoms with Crippen molar-refractivity contribution >= 4 is 5.78 Å². The number of nitrogens with one attached hydrogen (secondary N) is 1. The number of benzene rings is 3. The highest BCUT2D eigenvalue weighted by Gasteiger charge is 2.12. The Kier molecular flexibility index (Phi) is 7.27. The lowest BCUT2D eigenvalue weighted by atomic mass is 10.1. The van der Waals surface area contributed by atoms with E-state index in [4.69, 9.17) is 4.74 Å². The molecule has 0 aliphatic heterocycles. The molecule has 0 radical (unpaired) electrons. The molecule has 0 atom stereocenters. The molecule has 1 heterocycles. The zero-order chi connectivity index (χ0) is 23.0. The molecule has 0 fully saturated rings. The summed E-state index contributed by atoms with van der Waals surface area (Å²) in [6.45, 7) is 3.83. The Morgan fingerprint density at radius 1 is 0.879 bits per heavy atom. The van der Waals surface area contributed by atoms with E-state index in [-0.39, 0.29) is 11.6 Å². The van der Waals surface area contributed by atoms with Gasteiger partial charge in [-0.05, 0) is 41.0 Å². The lowest BCUT2D eigenvalue weighted by Gasteiger charge is -2.22. The van der Waals surface area contributed by atoms with Crippen molar-refractivity contribution in [1.29, 1.82) is 0 Å². The van der Waals surface area contributed by atoms with E-state index < -0.39 is 0 Å². The van der Waals surface area contributed by atoms with Crippen molar-refractivity contribution in [3.63, 3.8) is 0 Å². The number of ether oxygens (including phenoxy) is 1. The standard InChI is InChI=1S/C27H26FN3O2/c1-20(32)26-15-29-27(30-26)18-31(16-21-7-11-24(28)12-8-21)17-22-9-13-25(14-10-22)33-19-23-5-3-2-4-6-23/h2-15H,16-19H2,1H3,(H,29,30). The second kappa shape index (κ2) is 10.7. The first kappa shape index (κ1) is 22.4. The monoisotopic (exact) mass is 443 g/mol. The van der Waals surface area contributed by atoms with Crippen molar-refractivity contribution in [2.75, 3.05) is 0 Å². The molecule has 1 aromatic heterocycles. The van der Waals surface area contributed by atoms with Crippen molar-refractivity contribution < 1.29 is 13.9 Å². The first-order valence-electron chi connectivity index (χ1n) is 10.8. The first-order chi connectivity index (χ1) is 16.0. The molecule has 0 saturated carbocycles. The van der Waals surface area contributed by atoms with Gasteiger partial charge in [-0.2, -0.15) is 0 Å². The average Bonchev–Trinajstić information content (AvgIpc) is 3.30. The zero-order valence-corrected chi connectivity index (χ0v) is 18.5. The van der Waals surface area contributed by atoms with Crippen LogP contribution < -0.4 is 4.74 Å². The predicted octanol–water partition coefficient (Wildman–Crippen LogP) is 5.53. The van der Waals surface area contributed by atoms with E-state index in [1.54, 1.807) is 18.3 Å². The molecule has 0 amide bonds. The Balaban J connectivity index is 1.43. The third kappa shape index (κ3) is 6.60. The summed E-state index contributed by atoms with van der Waals surface area (Å²) in [7, 11) is 0. The molecule has 3 aromatic carbocycles. The molecule has 5 nitrogen and oxygen atoms in total. The highest BCUT2D eigenvalue weighted by molar-refractivity contribution is 5.91. The number of halogens is 1. The van der Waals surface area contributed by atoms with Crippen LogP contribution in [0, 0.1) is 5.82 Å². The van der Waals surface area contributed by atoms with Crippen LogP contribution in [0.15, 0.2) is 85.1 Å². The number of carbonyl (C=O) groups excluding carboxylic acids is 1. The van der Waals surface area contributed by atoms with Crippen LogP contribution in [0.1, 0.15) is 39.9 Å². The lowest BCUT2D eigenvalue weighted by Crippen LogP contribution is -2.23. The zero-order valence-electron chi connectivity index (χ0n) is 18.5. The topological polar surface area (TPSA) is 58.2 Å². The van der Waals surface area contributed by atoms with Crippen LogP contribution in [0.4, 0.5) is 4.39 Å². The van der Waals surface area contributed by atoms with Gasteiger partial charge in [-0.15, -0.1) is 0 Å². The van der Waals surface area contributed by atoms with Crippen LogP contribution in [0.3, 0.4) is 0 Å². The molecule has 6 heteroatoms. The molecule has 168 valence electrons. The van der Waals surface area contributed by atoms with Gasteiger partial charge >= 0.3 is 0 Å². The fourth-order valence-corrected chi connectivity index (χ4v) is 3.54. The van der Waals surface area contributed by atoms with Gasteiger partial charge in [0.2, 0.25) is 0 Å². The molecular formula is C27H26FN3O2. The molecule has 0 spiro atoms. The Morgan fingerprint density at radius 3 is 2.12 bits per heavy atom. The van der Waals surface area contributed by atoms with Crippen LogP contribution in [0.25, 0.3) is 0 Å². The molecule has 4 rings (SSSR count). The lowest BCUT2D eigenvalue weighted by molar-refractivity contribution is 0.101. The average molecular weight is 444 g/mol. The summed E-state index contributed by atoms with van der Waals surface area (Å²) in [4.78, 5) is 21.2. The van der Waals surface area contributed by atoms with E-state index in [0.29, 0.717) is 37.8 Å². The molecule has 0 bridgehead atoms. The predicted molar refractivity (Wildman–Crippen MR) is 125 cm³/mol. The van der Waals surface area contributed by atoms with Crippen LogP contribution in [0.2, 0.25) is 0 Å². The van der Waals surface area contributed by atoms with Gasteiger partial charge in [0.15, 0.2) is 5.78 Å². The summed E-state index contributed by atoms with van der Waals surface area (Å²) in [6.07, 6.45) is 1.56. The number of rotatable bonds is 10. The van der Waals surface area contributed by atoms with Crippen molar-refractivity contribution in [2.24, 2.45) is 0 Å². The normalized spacial score (nSPS) is 11.0. The Bertz CT molecular complexity index is 1170. The minimum atomic E-state index is -0.256. The fourth-order valence-electron chi connectivity index (χ4n) is 3.54. The van der Waals surface area contributed by atoms with Gasteiger partial charge in [0.25, 0.3) is 0 Å². The van der Waals surface area contributed by atoms with Crippen LogP contribution >= 0.6 is 0 Å². The smallest absolute Gasteiger partial charge is 0.177 e. The second-order valence-corrected chi connectivity index (χ2v) is 7.99. The van der Waals surface area contributed by atoms with E-state index >= 15 is 0 Å². The molecule has 0 saturated heterocycles. The molecule has 0 aliphatic rings. The number of ketones is 1. The summed E-state index contributed by atoms with van der Waals surface area (Å²) < 4.78 is 19.2. The summed E-state index contributed by atoms with van der Waals surface area (Å²) in [5, 5.41) is 0. The largest absolute Gasteiger partial charge is 0.489 e. The maximum atomic E-state index is 13.3. The SMILES string of the molecule is CC(=O)c1cnc(CN(Cc2ccc(F)cc2)Cc2ccc(OCc3ccccc3)cc2)[nH]1. The number of hydrogen-bond donors (Lipinski definition) is 1. The van der Waals surface area contributed by atoms with Crippen molar-refractivity contribution in [3.05, 3.63) is 119 Å². The number of hydrogen-bond acceptors (Lipinski definition) is 4. The molecule has 33 heavy (non-hydrogen) atoms. The van der Waals surface area contributed by atoms with Gasteiger partial charge in [-0.25, -0.2) is 9.37 Å². The number of imidazole rings is 1. The van der Waals surface area contributed by atoms with Gasteiger partial charge in [0.1, 0.15) is 29.7 Å². The van der Waals surface area contributed by atoms with Gasteiger partial charge < -0.3 is 9.72 Å². The van der Waals surface area contributed by atoms with Gasteiger partial charge in [-0.3, -0.25) is 9.69 Å². The highest BCUT2D eigenvalue weighted by atomic mass is 19.1. The van der Waals surface area contributed by atoms with E-state index in [1.807, 2.05) is 54.6 Å². The number of aromatic amines is 1. The minimum Gasteiger partial charge on any atom is -0.489 e. The van der Waals surface area contributed by atoms with E-state index in [2.05, 4.69) is 14.9 Å². The van der Waals surface area contributed by atoms with Crippen LogP contribution in [-0.2, 0) is 26.2 Å². The van der Waals surface area contributed by atoms with Crippen LogP contribution in [0.5, 0.6) is 5.75 Å². The van der Waals surface area contributed by atoms with E-state index in [9.17, 15) is 9.18 Å². The summed E-state index contributed by atoms with van der Waals surface area (Å²) in [5.74, 6) is 1.22. The third-order valence-corrected chi connectivity index (χ3v) is 5.28. The second-order valence-electron chi connectivity index (χ2n) is 7.99. The molecule has 1 N–H and O–H groups in total. The Hall–Kier alpha value is -3.77. The number of carbonyl (C=O) groups is 1. The third-order valence-electron chi connectivity index (χ3n) is 5.28. The molecule has 0 aliphatic carbocycles. The number of H-pyrrole nitrogens is 1. The number of nitrogens with zero attached hydrogens (tertiary/aromatic N) is 2. The van der Waals surface area contributed by atoms with Gasteiger partial charge in [0, 0.05) is 20.0 Å². The molecule has 0 unspecified atom stereocenters. The van der Waals surface area contributed by atoms with E-state index in [1.165, 1.54) is 19.1 Å². The maximum absolute atomic E-state index is 13.3. The fraction of sp³-hybridized carbons (Fsp3) is 0.185. The molecular weight excluding hydrogens is 417 g/mol. The van der Waals surface area contributed by atoms with Crippen molar-refractivity contribution in [1.82, 2.24) is 14.9 Å². The van der Waals surface area contributed by atoms with E-state index in [0.717, 1.165) is 22.4 Å². The summed E-state index contributed by atoms with van der Waals surface area (Å²) in [5.41, 5.74) is 3.72. The Labute approximate surface area is 192 Å². The van der Waals surface area contributed by atoms with Crippen molar-refractivity contribution in [3.8, 4) is 5.75 Å². The highest BCUT2D eigenvalue weighted by Crippen LogP contribution is 2.18. The van der Waals surface area contributed by atoms with Gasteiger partial charge in [-0.1, -0.05) is 54.6 Å². The maximum Gasteiger partial charge on any atom is 0.177 e. The first-order valence-corrected chi connectivity index (χ1v) is 10.8. The molecule has 4 aromatic rings. The quantitative estimate of drug-likeness (QED) is 0.327. The Morgan fingerprint density at radius 2 is 1.52 bits per heavy atom.